The Bertz CT molecular complexity index is 217. The molecule has 0 aromatic rings. The Kier molecular flexibility index (Phi) is 4.26. The van der Waals surface area contributed by atoms with Gasteiger partial charge in [-0.05, 0) is 57.5 Å². The molecule has 4 atom stereocenters. The van der Waals surface area contributed by atoms with Crippen LogP contribution in [0.4, 0.5) is 0 Å². The van der Waals surface area contributed by atoms with Crippen LogP contribution in [0.2, 0.25) is 0 Å². The first kappa shape index (κ1) is 12.4. The minimum atomic E-state index is 0.761. The van der Waals surface area contributed by atoms with Gasteiger partial charge >= 0.3 is 0 Å². The summed E-state index contributed by atoms with van der Waals surface area (Å²) in [4.78, 5) is 2.77. The van der Waals surface area contributed by atoms with Gasteiger partial charge in [-0.3, -0.25) is 4.90 Å². The van der Waals surface area contributed by atoms with Crippen molar-refractivity contribution in [2.24, 2.45) is 17.6 Å². The van der Waals surface area contributed by atoms with E-state index in [1.165, 1.54) is 45.1 Å². The van der Waals surface area contributed by atoms with Crippen LogP contribution in [0.1, 0.15) is 52.4 Å². The summed E-state index contributed by atoms with van der Waals surface area (Å²) in [6, 6.07) is 1.57. The van der Waals surface area contributed by atoms with Crippen molar-refractivity contribution in [2.75, 3.05) is 13.1 Å². The summed E-state index contributed by atoms with van der Waals surface area (Å²) in [6.07, 6.45) is 8.33. The smallest absolute Gasteiger partial charge is 0.0141 e. The molecule has 0 spiro atoms. The summed E-state index contributed by atoms with van der Waals surface area (Å²) < 4.78 is 0. The second kappa shape index (κ2) is 5.50. The van der Waals surface area contributed by atoms with E-state index in [-0.39, 0.29) is 0 Å². The van der Waals surface area contributed by atoms with E-state index in [1.54, 1.807) is 0 Å². The van der Waals surface area contributed by atoms with E-state index in [0.29, 0.717) is 0 Å². The van der Waals surface area contributed by atoms with Crippen LogP contribution < -0.4 is 5.73 Å². The van der Waals surface area contributed by atoms with E-state index in [1.807, 2.05) is 0 Å². The second-order valence-corrected chi connectivity index (χ2v) is 6.06. The summed E-state index contributed by atoms with van der Waals surface area (Å²) in [5.41, 5.74) is 5.96. The van der Waals surface area contributed by atoms with Crippen molar-refractivity contribution in [3.63, 3.8) is 0 Å². The van der Waals surface area contributed by atoms with Crippen LogP contribution in [0.25, 0.3) is 0 Å². The van der Waals surface area contributed by atoms with Crippen molar-refractivity contribution in [3.05, 3.63) is 0 Å². The van der Waals surface area contributed by atoms with Crippen LogP contribution in [-0.2, 0) is 0 Å². The molecule has 1 aliphatic heterocycles. The van der Waals surface area contributed by atoms with E-state index < -0.39 is 0 Å². The highest BCUT2D eigenvalue weighted by atomic mass is 15.2. The predicted molar refractivity (Wildman–Crippen MR) is 69.4 cm³/mol. The SMILES string of the molecule is CC1CCC(CN)C(N2CCCCC2C)C1. The number of nitrogens with two attached hydrogens (primary N) is 1. The van der Waals surface area contributed by atoms with Crippen LogP contribution in [0.3, 0.4) is 0 Å². The molecule has 2 fully saturated rings. The molecule has 1 saturated carbocycles. The molecule has 0 bridgehead atoms. The number of hydrogen-bond acceptors (Lipinski definition) is 2. The molecule has 16 heavy (non-hydrogen) atoms. The molecule has 2 nitrogen and oxygen atoms in total. The Morgan fingerprint density at radius 2 is 1.94 bits per heavy atom. The first-order valence-corrected chi connectivity index (χ1v) is 7.18. The average Bonchev–Trinajstić information content (AvgIpc) is 2.29. The minimum Gasteiger partial charge on any atom is -0.330 e. The topological polar surface area (TPSA) is 29.3 Å². The maximum Gasteiger partial charge on any atom is 0.0141 e. The first-order chi connectivity index (χ1) is 7.72. The van der Waals surface area contributed by atoms with Gasteiger partial charge in [0.05, 0.1) is 0 Å². The van der Waals surface area contributed by atoms with Crippen molar-refractivity contribution >= 4 is 0 Å². The van der Waals surface area contributed by atoms with E-state index in [0.717, 1.165) is 30.5 Å². The highest BCUT2D eigenvalue weighted by Gasteiger charge is 2.34. The molecule has 0 aromatic heterocycles. The predicted octanol–water partition coefficient (Wildman–Crippen LogP) is 2.62. The number of rotatable bonds is 2. The molecule has 4 unspecified atom stereocenters. The molecule has 0 amide bonds. The number of likely N-dealkylation sites (tertiary alicyclic amines) is 1. The number of piperidine rings is 1. The Morgan fingerprint density at radius 3 is 2.62 bits per heavy atom. The maximum atomic E-state index is 5.96. The Hall–Kier alpha value is -0.0800. The van der Waals surface area contributed by atoms with Gasteiger partial charge in [0, 0.05) is 12.1 Å². The molecule has 1 aliphatic carbocycles. The molecular weight excluding hydrogens is 196 g/mol. The van der Waals surface area contributed by atoms with E-state index >= 15 is 0 Å². The van der Waals surface area contributed by atoms with E-state index in [9.17, 15) is 0 Å². The summed E-state index contributed by atoms with van der Waals surface area (Å²) in [6.45, 7) is 7.02. The zero-order valence-electron chi connectivity index (χ0n) is 11.0. The van der Waals surface area contributed by atoms with Gasteiger partial charge in [0.1, 0.15) is 0 Å². The fourth-order valence-corrected chi connectivity index (χ4v) is 3.71. The van der Waals surface area contributed by atoms with Crippen LogP contribution in [-0.4, -0.2) is 30.1 Å². The third kappa shape index (κ3) is 2.60. The van der Waals surface area contributed by atoms with Gasteiger partial charge in [-0.1, -0.05) is 19.8 Å². The zero-order valence-corrected chi connectivity index (χ0v) is 11.0. The van der Waals surface area contributed by atoms with Gasteiger partial charge < -0.3 is 5.73 Å². The third-order valence-electron chi connectivity index (χ3n) is 4.80. The van der Waals surface area contributed by atoms with E-state index in [4.69, 9.17) is 5.73 Å². The van der Waals surface area contributed by atoms with Crippen molar-refractivity contribution in [1.29, 1.82) is 0 Å². The lowest BCUT2D eigenvalue weighted by atomic mass is 9.77. The lowest BCUT2D eigenvalue weighted by Crippen LogP contribution is -2.51. The summed E-state index contributed by atoms with van der Waals surface area (Å²) in [5.74, 6) is 1.67. The summed E-state index contributed by atoms with van der Waals surface area (Å²) in [7, 11) is 0. The molecule has 2 rings (SSSR count). The number of nitrogens with zero attached hydrogens (tertiary/aromatic N) is 1. The fraction of sp³-hybridized carbons (Fsp3) is 1.00. The minimum absolute atomic E-state index is 0.761. The molecule has 0 radical (unpaired) electrons. The van der Waals surface area contributed by atoms with Gasteiger partial charge in [-0.15, -0.1) is 0 Å². The van der Waals surface area contributed by atoms with Crippen LogP contribution >= 0.6 is 0 Å². The van der Waals surface area contributed by atoms with Gasteiger partial charge in [-0.25, -0.2) is 0 Å². The Morgan fingerprint density at radius 1 is 1.12 bits per heavy atom. The molecule has 2 aliphatic rings. The Labute approximate surface area is 101 Å². The van der Waals surface area contributed by atoms with Gasteiger partial charge in [-0.2, -0.15) is 0 Å². The second-order valence-electron chi connectivity index (χ2n) is 6.06. The molecule has 1 saturated heterocycles. The lowest BCUT2D eigenvalue weighted by Gasteiger charge is -2.46. The van der Waals surface area contributed by atoms with Crippen molar-refractivity contribution in [1.82, 2.24) is 4.90 Å². The number of hydrogen-bond donors (Lipinski definition) is 1. The third-order valence-corrected chi connectivity index (χ3v) is 4.80. The van der Waals surface area contributed by atoms with Gasteiger partial charge in [0.15, 0.2) is 0 Å². The lowest BCUT2D eigenvalue weighted by molar-refractivity contribution is 0.0349. The van der Waals surface area contributed by atoms with Crippen molar-refractivity contribution in [2.45, 2.75) is 64.5 Å². The summed E-state index contributed by atoms with van der Waals surface area (Å²) in [5, 5.41) is 0. The standard InChI is InChI=1S/C14H28N2/c1-11-6-7-13(10-15)14(9-11)16-8-4-3-5-12(16)2/h11-14H,3-10,15H2,1-2H3. The molecule has 1 heterocycles. The Balaban J connectivity index is 2.02. The molecule has 2 heteroatoms. The van der Waals surface area contributed by atoms with Crippen molar-refractivity contribution < 1.29 is 0 Å². The van der Waals surface area contributed by atoms with Crippen LogP contribution in [0.15, 0.2) is 0 Å². The average molecular weight is 224 g/mol. The molecule has 94 valence electrons. The zero-order chi connectivity index (χ0) is 11.5. The molecular formula is C14H28N2. The fourth-order valence-electron chi connectivity index (χ4n) is 3.71. The largest absolute Gasteiger partial charge is 0.330 e. The first-order valence-electron chi connectivity index (χ1n) is 7.18. The van der Waals surface area contributed by atoms with Crippen LogP contribution in [0.5, 0.6) is 0 Å². The van der Waals surface area contributed by atoms with Crippen molar-refractivity contribution in [3.8, 4) is 0 Å². The highest BCUT2D eigenvalue weighted by Crippen LogP contribution is 2.34. The van der Waals surface area contributed by atoms with Crippen LogP contribution in [0, 0.1) is 11.8 Å². The quantitative estimate of drug-likeness (QED) is 0.781. The normalized spacial score (nSPS) is 42.2. The van der Waals surface area contributed by atoms with Gasteiger partial charge in [0.2, 0.25) is 0 Å². The molecule has 2 N–H and O–H groups in total. The maximum absolute atomic E-state index is 5.96. The summed E-state index contributed by atoms with van der Waals surface area (Å²) >= 11 is 0. The van der Waals surface area contributed by atoms with E-state index in [2.05, 4.69) is 18.7 Å². The monoisotopic (exact) mass is 224 g/mol. The molecule has 0 aromatic carbocycles. The highest BCUT2D eigenvalue weighted by molar-refractivity contribution is 4.89. The van der Waals surface area contributed by atoms with Gasteiger partial charge in [0.25, 0.3) is 0 Å².